The SMILES string of the molecule is NC(=O)CCCOc1ccc(F)c(C(F)(F)F)c1. The Kier molecular flexibility index (Phi) is 4.52. The lowest BCUT2D eigenvalue weighted by Gasteiger charge is -2.11. The van der Waals surface area contributed by atoms with Gasteiger partial charge in [-0.2, -0.15) is 13.2 Å². The van der Waals surface area contributed by atoms with Crippen molar-refractivity contribution in [1.29, 1.82) is 0 Å². The number of carbonyl (C=O) groups excluding carboxylic acids is 1. The molecule has 0 aliphatic heterocycles. The Morgan fingerprint density at radius 2 is 2.00 bits per heavy atom. The molecule has 3 nitrogen and oxygen atoms in total. The maximum atomic E-state index is 12.9. The lowest BCUT2D eigenvalue weighted by Crippen LogP contribution is -2.12. The van der Waals surface area contributed by atoms with Crippen LogP contribution in [0.4, 0.5) is 17.6 Å². The van der Waals surface area contributed by atoms with Gasteiger partial charge in [0.25, 0.3) is 0 Å². The summed E-state index contributed by atoms with van der Waals surface area (Å²) in [5, 5.41) is 0. The number of ether oxygens (including phenoxy) is 1. The Balaban J connectivity index is 2.65. The van der Waals surface area contributed by atoms with Crippen molar-refractivity contribution in [3.63, 3.8) is 0 Å². The van der Waals surface area contributed by atoms with Gasteiger partial charge in [-0.05, 0) is 24.6 Å². The highest BCUT2D eigenvalue weighted by Gasteiger charge is 2.34. The number of nitrogens with two attached hydrogens (primary N) is 1. The van der Waals surface area contributed by atoms with E-state index in [0.29, 0.717) is 12.1 Å². The number of carbonyl (C=O) groups is 1. The second kappa shape index (κ2) is 5.70. The molecule has 18 heavy (non-hydrogen) atoms. The lowest BCUT2D eigenvalue weighted by molar-refractivity contribution is -0.140. The molecule has 0 aliphatic carbocycles. The van der Waals surface area contributed by atoms with Crippen LogP contribution in [-0.4, -0.2) is 12.5 Å². The van der Waals surface area contributed by atoms with Crippen LogP contribution in [0.5, 0.6) is 5.75 Å². The van der Waals surface area contributed by atoms with Crippen molar-refractivity contribution in [2.24, 2.45) is 5.73 Å². The molecule has 7 heteroatoms. The van der Waals surface area contributed by atoms with E-state index in [1.54, 1.807) is 0 Å². The molecule has 2 N–H and O–H groups in total. The van der Waals surface area contributed by atoms with Crippen LogP contribution >= 0.6 is 0 Å². The van der Waals surface area contributed by atoms with Crippen LogP contribution < -0.4 is 10.5 Å². The Labute approximate surface area is 101 Å². The molecule has 0 bridgehead atoms. The van der Waals surface area contributed by atoms with Crippen molar-refractivity contribution >= 4 is 5.91 Å². The minimum atomic E-state index is -4.77. The molecule has 1 amide bonds. The van der Waals surface area contributed by atoms with Gasteiger partial charge in [0.1, 0.15) is 11.6 Å². The second-order valence-corrected chi connectivity index (χ2v) is 3.56. The molecule has 0 saturated carbocycles. The second-order valence-electron chi connectivity index (χ2n) is 3.56. The normalized spacial score (nSPS) is 11.3. The number of benzene rings is 1. The van der Waals surface area contributed by atoms with Gasteiger partial charge < -0.3 is 10.5 Å². The number of rotatable bonds is 5. The molecule has 0 aromatic heterocycles. The van der Waals surface area contributed by atoms with Crippen LogP contribution in [0.1, 0.15) is 18.4 Å². The van der Waals surface area contributed by atoms with Gasteiger partial charge in [0.05, 0.1) is 12.2 Å². The molecule has 1 aromatic rings. The average molecular weight is 265 g/mol. The van der Waals surface area contributed by atoms with Gasteiger partial charge in [-0.25, -0.2) is 4.39 Å². The maximum Gasteiger partial charge on any atom is 0.419 e. The highest BCUT2D eigenvalue weighted by molar-refractivity contribution is 5.73. The number of alkyl halides is 3. The maximum absolute atomic E-state index is 12.9. The standard InChI is InChI=1S/C11H11F4NO2/c12-9-4-3-7(6-8(9)11(13,14)15)18-5-1-2-10(16)17/h3-4,6H,1-2,5H2,(H2,16,17). The minimum Gasteiger partial charge on any atom is -0.494 e. The van der Waals surface area contributed by atoms with Crippen LogP contribution in [0, 0.1) is 5.82 Å². The summed E-state index contributed by atoms with van der Waals surface area (Å²) in [6, 6.07) is 2.36. The summed E-state index contributed by atoms with van der Waals surface area (Å²) in [6.07, 6.45) is -4.40. The molecule has 0 fully saturated rings. The molecule has 1 aromatic carbocycles. The third-order valence-electron chi connectivity index (χ3n) is 2.08. The van der Waals surface area contributed by atoms with Gasteiger partial charge in [-0.15, -0.1) is 0 Å². The summed E-state index contributed by atoms with van der Waals surface area (Å²) in [6.45, 7) is 0.0336. The number of halogens is 4. The van der Waals surface area contributed by atoms with Crippen molar-refractivity contribution in [2.75, 3.05) is 6.61 Å². The first-order valence-corrected chi connectivity index (χ1v) is 5.08. The molecule has 0 atom stereocenters. The van der Waals surface area contributed by atoms with E-state index >= 15 is 0 Å². The smallest absolute Gasteiger partial charge is 0.419 e. The van der Waals surface area contributed by atoms with E-state index in [4.69, 9.17) is 10.5 Å². The zero-order valence-corrected chi connectivity index (χ0v) is 9.26. The summed E-state index contributed by atoms with van der Waals surface area (Å²) in [5.74, 6) is -1.98. The number of hydrogen-bond acceptors (Lipinski definition) is 2. The van der Waals surface area contributed by atoms with Crippen LogP contribution in [0.2, 0.25) is 0 Å². The summed E-state index contributed by atoms with van der Waals surface area (Å²) in [4.78, 5) is 10.4. The lowest BCUT2D eigenvalue weighted by atomic mass is 10.2. The van der Waals surface area contributed by atoms with Crippen molar-refractivity contribution in [2.45, 2.75) is 19.0 Å². The van der Waals surface area contributed by atoms with E-state index < -0.39 is 23.5 Å². The average Bonchev–Trinajstić information content (AvgIpc) is 2.24. The molecular weight excluding hydrogens is 254 g/mol. The van der Waals surface area contributed by atoms with Gasteiger partial charge in [-0.3, -0.25) is 4.79 Å². The van der Waals surface area contributed by atoms with Crippen molar-refractivity contribution in [3.05, 3.63) is 29.6 Å². The molecule has 1 rings (SSSR count). The Morgan fingerprint density at radius 3 is 2.56 bits per heavy atom. The van der Waals surface area contributed by atoms with Gasteiger partial charge in [0, 0.05) is 6.42 Å². The first-order chi connectivity index (χ1) is 8.30. The fourth-order valence-corrected chi connectivity index (χ4v) is 1.25. The van der Waals surface area contributed by atoms with Gasteiger partial charge in [0.15, 0.2) is 0 Å². The highest BCUT2D eigenvalue weighted by atomic mass is 19.4. The van der Waals surface area contributed by atoms with E-state index in [1.165, 1.54) is 0 Å². The number of amides is 1. The fraction of sp³-hybridized carbons (Fsp3) is 0.364. The summed E-state index contributed by atoms with van der Waals surface area (Å²) in [7, 11) is 0. The van der Waals surface area contributed by atoms with Gasteiger partial charge in [0.2, 0.25) is 5.91 Å². The predicted molar refractivity (Wildman–Crippen MR) is 55.3 cm³/mol. The summed E-state index contributed by atoms with van der Waals surface area (Å²) < 4.78 is 55.0. The van der Waals surface area contributed by atoms with Crippen LogP contribution in [-0.2, 0) is 11.0 Å². The molecule has 0 spiro atoms. The highest BCUT2D eigenvalue weighted by Crippen LogP contribution is 2.33. The topological polar surface area (TPSA) is 52.3 Å². The predicted octanol–water partition coefficient (Wildman–Crippen LogP) is 2.49. The van der Waals surface area contributed by atoms with E-state index in [-0.39, 0.29) is 25.2 Å². The Hall–Kier alpha value is -1.79. The molecule has 0 saturated heterocycles. The van der Waals surface area contributed by atoms with Crippen LogP contribution in [0.15, 0.2) is 18.2 Å². The molecule has 0 aliphatic rings. The molecule has 100 valence electrons. The monoisotopic (exact) mass is 265 g/mol. The molecule has 0 unspecified atom stereocenters. The number of hydrogen-bond donors (Lipinski definition) is 1. The minimum absolute atomic E-state index is 0.0336. The zero-order valence-electron chi connectivity index (χ0n) is 9.26. The van der Waals surface area contributed by atoms with Crippen molar-refractivity contribution in [1.82, 2.24) is 0 Å². The van der Waals surface area contributed by atoms with E-state index in [1.807, 2.05) is 0 Å². The molecular formula is C11H11F4NO2. The number of primary amides is 1. The van der Waals surface area contributed by atoms with Gasteiger partial charge in [-0.1, -0.05) is 0 Å². The van der Waals surface area contributed by atoms with E-state index in [0.717, 1.165) is 6.07 Å². The summed E-state index contributed by atoms with van der Waals surface area (Å²) in [5.41, 5.74) is 3.50. The Morgan fingerprint density at radius 1 is 1.33 bits per heavy atom. The third-order valence-corrected chi connectivity index (χ3v) is 2.08. The quantitative estimate of drug-likeness (QED) is 0.657. The summed E-state index contributed by atoms with van der Waals surface area (Å²) >= 11 is 0. The fourth-order valence-electron chi connectivity index (χ4n) is 1.25. The first kappa shape index (κ1) is 14.3. The van der Waals surface area contributed by atoms with Crippen LogP contribution in [0.25, 0.3) is 0 Å². The van der Waals surface area contributed by atoms with Crippen molar-refractivity contribution in [3.8, 4) is 5.75 Å². The Bertz CT molecular complexity index is 432. The van der Waals surface area contributed by atoms with E-state index in [2.05, 4.69) is 0 Å². The molecule has 0 heterocycles. The van der Waals surface area contributed by atoms with E-state index in [9.17, 15) is 22.4 Å². The zero-order chi connectivity index (χ0) is 13.8. The third kappa shape index (κ3) is 4.23. The largest absolute Gasteiger partial charge is 0.494 e. The molecule has 0 radical (unpaired) electrons. The van der Waals surface area contributed by atoms with Crippen LogP contribution in [0.3, 0.4) is 0 Å². The van der Waals surface area contributed by atoms with Crippen molar-refractivity contribution < 1.29 is 27.1 Å². The van der Waals surface area contributed by atoms with Gasteiger partial charge >= 0.3 is 6.18 Å². The first-order valence-electron chi connectivity index (χ1n) is 5.08.